The van der Waals surface area contributed by atoms with Crippen LogP contribution in [0.15, 0.2) is 0 Å². The molecular weight excluding hydrogens is 313 g/mol. The van der Waals surface area contributed by atoms with E-state index in [4.69, 9.17) is 0 Å². The van der Waals surface area contributed by atoms with Crippen LogP contribution < -0.4 is 10.6 Å². The van der Waals surface area contributed by atoms with Crippen LogP contribution in [0.5, 0.6) is 0 Å². The van der Waals surface area contributed by atoms with Gasteiger partial charge in [-0.05, 0) is 0 Å². The van der Waals surface area contributed by atoms with Crippen LogP contribution in [0.25, 0.3) is 0 Å². The van der Waals surface area contributed by atoms with Gasteiger partial charge in [0.25, 0.3) is 0 Å². The summed E-state index contributed by atoms with van der Waals surface area (Å²) < 4.78 is 36.7. The first-order valence-electron chi connectivity index (χ1n) is 4.49. The Balaban J connectivity index is 0.00000162. The van der Waals surface area contributed by atoms with Crippen molar-refractivity contribution in [2.75, 3.05) is 16.9 Å². The number of alkyl halides is 3. The topological polar surface area (TPSA) is 66.9 Å². The molecule has 0 saturated carbocycles. The Bertz CT molecular complexity index is 421. The first-order chi connectivity index (χ1) is 7.97. The van der Waals surface area contributed by atoms with Crippen molar-refractivity contribution in [1.82, 2.24) is 15.5 Å². The third-order valence-electron chi connectivity index (χ3n) is 1.93. The van der Waals surface area contributed by atoms with E-state index in [9.17, 15) is 18.0 Å². The molecule has 0 bridgehead atoms. The van der Waals surface area contributed by atoms with Gasteiger partial charge in [0.15, 0.2) is 0 Å². The zero-order valence-corrected chi connectivity index (χ0v) is 11.1. The fourth-order valence-electron chi connectivity index (χ4n) is 1.14. The van der Waals surface area contributed by atoms with E-state index in [2.05, 4.69) is 20.8 Å². The fourth-order valence-corrected chi connectivity index (χ4v) is 2.70. The van der Waals surface area contributed by atoms with Gasteiger partial charge < -0.3 is 0 Å². The molecule has 1 aromatic heterocycles. The summed E-state index contributed by atoms with van der Waals surface area (Å²) in [6.45, 7) is 0. The summed E-state index contributed by atoms with van der Waals surface area (Å²) in [6.07, 6.45) is -4.53. The first-order valence-corrected chi connectivity index (χ1v) is 6.46. The molecule has 0 spiro atoms. The Morgan fingerprint density at radius 1 is 1.44 bits per heavy atom. The van der Waals surface area contributed by atoms with Crippen molar-refractivity contribution in [3.63, 3.8) is 0 Å². The predicted octanol–water partition coefficient (Wildman–Crippen LogP) is 1.58. The highest BCUT2D eigenvalue weighted by molar-refractivity contribution is 7.99. The standard InChI is InChI=1S/C7H7F3N4OS2.ClH/c8-7(9,10)5-13-14-6(17-5)12-4(15)3-1-16-2-11-3;/h3,11H,1-2H2,(H,12,14,15);1H. The molecule has 102 valence electrons. The summed E-state index contributed by atoms with van der Waals surface area (Å²) in [4.78, 5) is 11.5. The van der Waals surface area contributed by atoms with Gasteiger partial charge in [-0.15, -0.1) is 34.4 Å². The Morgan fingerprint density at radius 2 is 2.17 bits per heavy atom. The molecule has 2 heterocycles. The fraction of sp³-hybridized carbons (Fsp3) is 0.571. The van der Waals surface area contributed by atoms with Crippen molar-refractivity contribution in [3.8, 4) is 0 Å². The van der Waals surface area contributed by atoms with E-state index in [0.717, 1.165) is 0 Å². The second-order valence-corrected chi connectivity index (χ2v) is 5.18. The van der Waals surface area contributed by atoms with E-state index < -0.39 is 17.2 Å². The number of thioether (sulfide) groups is 1. The van der Waals surface area contributed by atoms with Crippen molar-refractivity contribution in [2.24, 2.45) is 0 Å². The highest BCUT2D eigenvalue weighted by atomic mass is 35.5. The molecule has 0 aromatic carbocycles. The van der Waals surface area contributed by atoms with E-state index in [1.165, 1.54) is 0 Å². The van der Waals surface area contributed by atoms with E-state index >= 15 is 0 Å². The molecular formula is C7H8ClF3N4OS2. The Labute approximate surface area is 114 Å². The van der Waals surface area contributed by atoms with E-state index in [-0.39, 0.29) is 23.4 Å². The average Bonchev–Trinajstić information content (AvgIpc) is 2.85. The number of amides is 1. The Morgan fingerprint density at radius 3 is 2.67 bits per heavy atom. The smallest absolute Gasteiger partial charge is 0.299 e. The minimum atomic E-state index is -4.53. The number of anilines is 1. The maximum absolute atomic E-state index is 12.2. The molecule has 1 unspecified atom stereocenters. The van der Waals surface area contributed by atoms with Crippen LogP contribution in [0, 0.1) is 0 Å². The lowest BCUT2D eigenvalue weighted by Crippen LogP contribution is -2.37. The maximum atomic E-state index is 12.2. The zero-order valence-electron chi connectivity index (χ0n) is 8.65. The molecule has 1 amide bonds. The van der Waals surface area contributed by atoms with Crippen molar-refractivity contribution >= 4 is 46.5 Å². The molecule has 11 heteroatoms. The lowest BCUT2D eigenvalue weighted by molar-refractivity contribution is -0.138. The quantitative estimate of drug-likeness (QED) is 0.866. The Kier molecular flexibility index (Phi) is 5.20. The van der Waals surface area contributed by atoms with Gasteiger partial charge in [-0.2, -0.15) is 13.2 Å². The molecule has 5 nitrogen and oxygen atoms in total. The van der Waals surface area contributed by atoms with E-state index in [0.29, 0.717) is 23.0 Å². The summed E-state index contributed by atoms with van der Waals surface area (Å²) in [5.41, 5.74) is 0. The number of halogens is 4. The van der Waals surface area contributed by atoms with Gasteiger partial charge in [0, 0.05) is 11.6 Å². The van der Waals surface area contributed by atoms with Crippen LogP contribution in [0.4, 0.5) is 18.3 Å². The summed E-state index contributed by atoms with van der Waals surface area (Å²) in [5, 5.41) is 10.2. The minimum Gasteiger partial charge on any atom is -0.299 e. The molecule has 2 rings (SSSR count). The molecule has 18 heavy (non-hydrogen) atoms. The molecule has 1 aliphatic rings. The predicted molar refractivity (Wildman–Crippen MR) is 65.0 cm³/mol. The normalized spacial score (nSPS) is 19.4. The van der Waals surface area contributed by atoms with Crippen LogP contribution in [-0.2, 0) is 11.0 Å². The lowest BCUT2D eigenvalue weighted by atomic mass is 10.3. The van der Waals surface area contributed by atoms with Crippen molar-refractivity contribution in [1.29, 1.82) is 0 Å². The van der Waals surface area contributed by atoms with Crippen LogP contribution in [0.3, 0.4) is 0 Å². The number of rotatable bonds is 2. The van der Waals surface area contributed by atoms with Gasteiger partial charge in [0.1, 0.15) is 0 Å². The highest BCUT2D eigenvalue weighted by Gasteiger charge is 2.36. The number of carbonyl (C=O) groups is 1. The second-order valence-electron chi connectivity index (χ2n) is 3.17. The monoisotopic (exact) mass is 320 g/mol. The lowest BCUT2D eigenvalue weighted by Gasteiger charge is -2.07. The van der Waals surface area contributed by atoms with Crippen LogP contribution in [0.1, 0.15) is 5.01 Å². The van der Waals surface area contributed by atoms with Gasteiger partial charge in [-0.25, -0.2) is 0 Å². The van der Waals surface area contributed by atoms with Crippen LogP contribution in [-0.4, -0.2) is 33.8 Å². The number of hydrogen-bond donors (Lipinski definition) is 2. The minimum absolute atomic E-state index is 0. The maximum Gasteiger partial charge on any atom is 0.445 e. The zero-order chi connectivity index (χ0) is 12.5. The SMILES string of the molecule is Cl.O=C(Nc1nnc(C(F)(F)F)s1)C1CSCN1. The van der Waals surface area contributed by atoms with Gasteiger partial charge in [-0.1, -0.05) is 11.3 Å². The van der Waals surface area contributed by atoms with Gasteiger partial charge in [-0.3, -0.25) is 15.4 Å². The van der Waals surface area contributed by atoms with Crippen molar-refractivity contribution in [2.45, 2.75) is 12.2 Å². The summed E-state index contributed by atoms with van der Waals surface area (Å²) >= 11 is 1.86. The van der Waals surface area contributed by atoms with Crippen molar-refractivity contribution in [3.05, 3.63) is 5.01 Å². The average molecular weight is 321 g/mol. The second kappa shape index (κ2) is 6.04. The van der Waals surface area contributed by atoms with E-state index in [1.54, 1.807) is 11.8 Å². The number of carbonyl (C=O) groups excluding carboxylic acids is 1. The first kappa shape index (κ1) is 15.5. The third kappa shape index (κ3) is 3.70. The summed E-state index contributed by atoms with van der Waals surface area (Å²) in [6, 6.07) is -0.391. The van der Waals surface area contributed by atoms with Gasteiger partial charge >= 0.3 is 6.18 Å². The van der Waals surface area contributed by atoms with Gasteiger partial charge in [0.05, 0.1) is 6.04 Å². The molecule has 1 aromatic rings. The summed E-state index contributed by atoms with van der Waals surface area (Å²) in [5.74, 6) is 0.860. The van der Waals surface area contributed by atoms with Crippen LogP contribution >= 0.6 is 35.5 Å². The largest absolute Gasteiger partial charge is 0.445 e. The number of nitrogens with zero attached hydrogens (tertiary/aromatic N) is 2. The molecule has 1 aliphatic heterocycles. The number of hydrogen-bond acceptors (Lipinski definition) is 6. The van der Waals surface area contributed by atoms with Crippen molar-refractivity contribution < 1.29 is 18.0 Å². The Hall–Kier alpha value is -0.580. The number of nitrogens with one attached hydrogen (secondary N) is 2. The molecule has 0 radical (unpaired) electrons. The van der Waals surface area contributed by atoms with Crippen LogP contribution in [0.2, 0.25) is 0 Å². The van der Waals surface area contributed by atoms with E-state index in [1.807, 2.05) is 0 Å². The van der Waals surface area contributed by atoms with Gasteiger partial charge in [0.2, 0.25) is 16.0 Å². The molecule has 1 fully saturated rings. The molecule has 0 aliphatic carbocycles. The molecule has 2 N–H and O–H groups in total. The molecule has 1 saturated heterocycles. The third-order valence-corrected chi connectivity index (χ3v) is 3.75. The molecule has 1 atom stereocenters. The summed E-state index contributed by atoms with van der Waals surface area (Å²) in [7, 11) is 0. The number of aromatic nitrogens is 2. The highest BCUT2D eigenvalue weighted by Crippen LogP contribution is 2.33.